The maximum atomic E-state index is 8.67. The van der Waals surface area contributed by atoms with Gasteiger partial charge < -0.3 is 11.1 Å². The van der Waals surface area contributed by atoms with Gasteiger partial charge in [0.25, 0.3) is 0 Å². The topological polar surface area (TPSA) is 87.6 Å². The molecule has 1 aromatic carbocycles. The molecule has 2 aromatic rings. The highest BCUT2D eigenvalue weighted by molar-refractivity contribution is 6.28. The van der Waals surface area contributed by atoms with E-state index in [2.05, 4.69) is 15.3 Å². The van der Waals surface area contributed by atoms with E-state index in [1.165, 1.54) is 0 Å². The first-order valence-electron chi connectivity index (χ1n) is 4.74. The first kappa shape index (κ1) is 11.2. The second-order valence-corrected chi connectivity index (χ2v) is 3.60. The van der Waals surface area contributed by atoms with E-state index >= 15 is 0 Å². The molecule has 17 heavy (non-hydrogen) atoms. The molecular weight excluding hydrogens is 238 g/mol. The minimum atomic E-state index is 0.0844. The summed E-state index contributed by atoms with van der Waals surface area (Å²) >= 11 is 5.68. The van der Waals surface area contributed by atoms with Crippen LogP contribution in [0.2, 0.25) is 5.28 Å². The van der Waals surface area contributed by atoms with Gasteiger partial charge in [-0.2, -0.15) is 5.26 Å². The van der Waals surface area contributed by atoms with Crippen molar-refractivity contribution in [3.05, 3.63) is 41.2 Å². The molecule has 0 aliphatic carbocycles. The normalized spacial score (nSPS) is 9.65. The molecule has 84 valence electrons. The van der Waals surface area contributed by atoms with Crippen molar-refractivity contribution in [2.75, 3.05) is 11.1 Å². The monoisotopic (exact) mass is 245 g/mol. The Bertz CT molecular complexity index is 553. The molecule has 5 nitrogen and oxygen atoms in total. The molecule has 1 heterocycles. The Hall–Kier alpha value is -2.32. The lowest BCUT2D eigenvalue weighted by Gasteiger charge is -2.06. The van der Waals surface area contributed by atoms with Gasteiger partial charge in [0.15, 0.2) is 0 Å². The Balaban J connectivity index is 2.22. The van der Waals surface area contributed by atoms with Gasteiger partial charge in [-0.15, -0.1) is 0 Å². The zero-order chi connectivity index (χ0) is 12.3. The fraction of sp³-hybridized carbons (Fsp3) is 0. The van der Waals surface area contributed by atoms with Gasteiger partial charge >= 0.3 is 0 Å². The third kappa shape index (κ3) is 2.83. The van der Waals surface area contributed by atoms with Crippen LogP contribution in [0, 0.1) is 11.3 Å². The Morgan fingerprint density at radius 2 is 1.94 bits per heavy atom. The second kappa shape index (κ2) is 4.68. The Labute approximate surface area is 103 Å². The predicted octanol–water partition coefficient (Wildman–Crippen LogP) is 2.33. The number of hydrogen-bond donors (Lipinski definition) is 2. The van der Waals surface area contributed by atoms with Crippen molar-refractivity contribution in [3.8, 4) is 6.07 Å². The minimum Gasteiger partial charge on any atom is -0.383 e. The van der Waals surface area contributed by atoms with Crippen molar-refractivity contribution < 1.29 is 0 Å². The summed E-state index contributed by atoms with van der Waals surface area (Å²) in [7, 11) is 0. The van der Waals surface area contributed by atoms with Crippen molar-refractivity contribution in [1.82, 2.24) is 9.97 Å². The molecule has 0 saturated heterocycles. The van der Waals surface area contributed by atoms with Crippen LogP contribution < -0.4 is 11.1 Å². The van der Waals surface area contributed by atoms with Crippen LogP contribution in [0.1, 0.15) is 5.56 Å². The van der Waals surface area contributed by atoms with Crippen LogP contribution in [-0.4, -0.2) is 9.97 Å². The van der Waals surface area contributed by atoms with Gasteiger partial charge in [-0.25, -0.2) is 9.97 Å². The number of aromatic nitrogens is 2. The fourth-order valence-electron chi connectivity index (χ4n) is 1.28. The quantitative estimate of drug-likeness (QED) is 0.793. The molecule has 6 heteroatoms. The Kier molecular flexibility index (Phi) is 3.08. The molecule has 0 bridgehead atoms. The van der Waals surface area contributed by atoms with Crippen molar-refractivity contribution in [3.63, 3.8) is 0 Å². The number of nitrogens with one attached hydrogen (secondary N) is 1. The number of nitriles is 1. The van der Waals surface area contributed by atoms with Crippen LogP contribution in [0.5, 0.6) is 0 Å². The van der Waals surface area contributed by atoms with Gasteiger partial charge in [-0.3, -0.25) is 0 Å². The van der Waals surface area contributed by atoms with Crippen LogP contribution in [0.3, 0.4) is 0 Å². The van der Waals surface area contributed by atoms with Crippen LogP contribution in [0.4, 0.5) is 17.3 Å². The molecule has 0 aliphatic rings. The number of benzene rings is 1. The lowest BCUT2D eigenvalue weighted by molar-refractivity contribution is 1.18. The van der Waals surface area contributed by atoms with E-state index in [4.69, 9.17) is 22.6 Å². The standard InChI is InChI=1S/C11H8ClN5/c12-11-16-9(14)5-10(17-11)15-8-3-1-7(6-13)2-4-8/h1-5H,(H3,14,15,16,17). The molecule has 0 aliphatic heterocycles. The molecule has 0 amide bonds. The van der Waals surface area contributed by atoms with Gasteiger partial charge in [0.2, 0.25) is 5.28 Å². The lowest BCUT2D eigenvalue weighted by atomic mass is 10.2. The molecule has 0 unspecified atom stereocenters. The number of halogens is 1. The van der Waals surface area contributed by atoms with E-state index in [-0.39, 0.29) is 5.28 Å². The third-order valence-corrected chi connectivity index (χ3v) is 2.17. The molecule has 3 N–H and O–H groups in total. The first-order valence-corrected chi connectivity index (χ1v) is 5.12. The molecule has 0 spiro atoms. The fourth-order valence-corrected chi connectivity index (χ4v) is 1.46. The molecule has 0 radical (unpaired) electrons. The van der Waals surface area contributed by atoms with E-state index < -0.39 is 0 Å². The van der Waals surface area contributed by atoms with E-state index in [0.717, 1.165) is 5.69 Å². The Morgan fingerprint density at radius 3 is 2.53 bits per heavy atom. The van der Waals surface area contributed by atoms with Gasteiger partial charge in [0, 0.05) is 11.8 Å². The lowest BCUT2D eigenvalue weighted by Crippen LogP contribution is -1.98. The largest absolute Gasteiger partial charge is 0.383 e. The molecule has 1 aromatic heterocycles. The number of nitrogens with two attached hydrogens (primary N) is 1. The van der Waals surface area contributed by atoms with Gasteiger partial charge in [-0.05, 0) is 35.9 Å². The second-order valence-electron chi connectivity index (χ2n) is 3.26. The van der Waals surface area contributed by atoms with Crippen LogP contribution in [-0.2, 0) is 0 Å². The summed E-state index contributed by atoms with van der Waals surface area (Å²) in [5.74, 6) is 0.799. The van der Waals surface area contributed by atoms with Gasteiger partial charge in [0.05, 0.1) is 11.6 Å². The summed E-state index contributed by atoms with van der Waals surface area (Å²) in [5, 5.41) is 11.8. The minimum absolute atomic E-state index is 0.0844. The van der Waals surface area contributed by atoms with Crippen molar-refractivity contribution in [2.24, 2.45) is 0 Å². The maximum Gasteiger partial charge on any atom is 0.226 e. The molecule has 0 atom stereocenters. The van der Waals surface area contributed by atoms with Crippen LogP contribution in [0.15, 0.2) is 30.3 Å². The highest BCUT2D eigenvalue weighted by atomic mass is 35.5. The van der Waals surface area contributed by atoms with Crippen LogP contribution in [0.25, 0.3) is 0 Å². The molecule has 0 fully saturated rings. The van der Waals surface area contributed by atoms with E-state index in [9.17, 15) is 0 Å². The summed E-state index contributed by atoms with van der Waals surface area (Å²) in [6.45, 7) is 0. The number of hydrogen-bond acceptors (Lipinski definition) is 5. The first-order chi connectivity index (χ1) is 8.17. The Morgan fingerprint density at radius 1 is 1.24 bits per heavy atom. The number of anilines is 3. The van der Waals surface area contributed by atoms with Gasteiger partial charge in [0.1, 0.15) is 11.6 Å². The van der Waals surface area contributed by atoms with Gasteiger partial charge in [-0.1, -0.05) is 0 Å². The predicted molar refractivity (Wildman–Crippen MR) is 65.9 cm³/mol. The number of rotatable bonds is 2. The molecular formula is C11H8ClN5. The van der Waals surface area contributed by atoms with E-state index in [1.807, 2.05) is 6.07 Å². The summed E-state index contributed by atoms with van der Waals surface area (Å²) in [6, 6.07) is 10.6. The highest BCUT2D eigenvalue weighted by Gasteiger charge is 2.01. The smallest absolute Gasteiger partial charge is 0.226 e. The summed E-state index contributed by atoms with van der Waals surface area (Å²) in [4.78, 5) is 7.72. The zero-order valence-corrected chi connectivity index (χ0v) is 9.44. The van der Waals surface area contributed by atoms with Crippen LogP contribution >= 0.6 is 11.6 Å². The third-order valence-electron chi connectivity index (χ3n) is 2.01. The van der Waals surface area contributed by atoms with E-state index in [1.54, 1.807) is 30.3 Å². The average molecular weight is 246 g/mol. The average Bonchev–Trinajstić information content (AvgIpc) is 2.28. The molecule has 0 saturated carbocycles. The van der Waals surface area contributed by atoms with Crippen molar-refractivity contribution in [2.45, 2.75) is 0 Å². The number of nitrogen functional groups attached to an aromatic ring is 1. The van der Waals surface area contributed by atoms with Crippen molar-refractivity contribution in [1.29, 1.82) is 5.26 Å². The molecule has 2 rings (SSSR count). The zero-order valence-electron chi connectivity index (χ0n) is 8.68. The van der Waals surface area contributed by atoms with E-state index in [0.29, 0.717) is 17.2 Å². The summed E-state index contributed by atoms with van der Waals surface area (Å²) in [5.41, 5.74) is 6.92. The highest BCUT2D eigenvalue weighted by Crippen LogP contribution is 2.18. The summed E-state index contributed by atoms with van der Waals surface area (Å²) < 4.78 is 0. The number of nitrogens with zero attached hydrogens (tertiary/aromatic N) is 3. The maximum absolute atomic E-state index is 8.67. The SMILES string of the molecule is N#Cc1ccc(Nc2cc(N)nc(Cl)n2)cc1. The summed E-state index contributed by atoms with van der Waals surface area (Å²) in [6.07, 6.45) is 0. The van der Waals surface area contributed by atoms with Crippen molar-refractivity contribution >= 4 is 28.9 Å².